The van der Waals surface area contributed by atoms with Gasteiger partial charge in [-0.25, -0.2) is 18.1 Å². The number of hydrogen-bond donors (Lipinski definition) is 2. The van der Waals surface area contributed by atoms with Crippen molar-refractivity contribution < 1.29 is 8.42 Å². The predicted molar refractivity (Wildman–Crippen MR) is 83.1 cm³/mol. The molecule has 1 aromatic heterocycles. The lowest BCUT2D eigenvalue weighted by atomic mass is 10.1. The highest BCUT2D eigenvalue weighted by atomic mass is 32.2. The number of aromatic nitrogens is 1. The standard InChI is InChI=1S/C12H13N3O2S3/c13-12(18)5-9-1-3-11(4-2-9)20(16,17)15-6-10-7-19-8-14-10/h1-4,7-8,15H,5-6H2,(H2,13,18). The topological polar surface area (TPSA) is 85.1 Å². The van der Waals surface area contributed by atoms with Crippen molar-refractivity contribution in [2.45, 2.75) is 17.9 Å². The van der Waals surface area contributed by atoms with Gasteiger partial charge < -0.3 is 5.73 Å². The van der Waals surface area contributed by atoms with Crippen molar-refractivity contribution in [2.24, 2.45) is 5.73 Å². The minimum absolute atomic E-state index is 0.181. The summed E-state index contributed by atoms with van der Waals surface area (Å²) in [5.41, 5.74) is 8.69. The first-order valence-corrected chi connectivity index (χ1v) is 8.55. The lowest BCUT2D eigenvalue weighted by Crippen LogP contribution is -2.23. The number of thiazole rings is 1. The molecule has 0 unspecified atom stereocenters. The molecule has 0 radical (unpaired) electrons. The highest BCUT2D eigenvalue weighted by Gasteiger charge is 2.13. The molecule has 0 bridgehead atoms. The molecule has 2 aromatic rings. The first kappa shape index (κ1) is 15.0. The molecule has 0 amide bonds. The van der Waals surface area contributed by atoms with Gasteiger partial charge in [-0.3, -0.25) is 0 Å². The van der Waals surface area contributed by atoms with Crippen molar-refractivity contribution in [3.8, 4) is 0 Å². The van der Waals surface area contributed by atoms with Crippen molar-refractivity contribution in [2.75, 3.05) is 0 Å². The molecule has 0 fully saturated rings. The molecule has 5 nitrogen and oxygen atoms in total. The highest BCUT2D eigenvalue weighted by molar-refractivity contribution is 7.89. The number of hydrogen-bond acceptors (Lipinski definition) is 5. The molecular weight excluding hydrogens is 314 g/mol. The van der Waals surface area contributed by atoms with E-state index in [1.807, 2.05) is 0 Å². The van der Waals surface area contributed by atoms with Crippen LogP contribution in [0.4, 0.5) is 0 Å². The van der Waals surface area contributed by atoms with Gasteiger partial charge in [0.05, 0.1) is 27.6 Å². The van der Waals surface area contributed by atoms with E-state index >= 15 is 0 Å². The van der Waals surface area contributed by atoms with Gasteiger partial charge in [0, 0.05) is 11.8 Å². The third-order valence-corrected chi connectivity index (χ3v) is 4.74. The van der Waals surface area contributed by atoms with Gasteiger partial charge in [0.25, 0.3) is 0 Å². The van der Waals surface area contributed by atoms with Crippen LogP contribution in [0.25, 0.3) is 0 Å². The summed E-state index contributed by atoms with van der Waals surface area (Å²) >= 11 is 6.24. The van der Waals surface area contributed by atoms with E-state index in [9.17, 15) is 8.42 Å². The number of thiocarbonyl (C=S) groups is 1. The van der Waals surface area contributed by atoms with Gasteiger partial charge in [-0.15, -0.1) is 11.3 Å². The summed E-state index contributed by atoms with van der Waals surface area (Å²) in [4.78, 5) is 4.61. The molecule has 0 saturated heterocycles. The second kappa shape index (κ2) is 6.40. The number of nitrogens with two attached hydrogens (primary N) is 1. The summed E-state index contributed by atoms with van der Waals surface area (Å²) in [7, 11) is -3.53. The third-order valence-electron chi connectivity index (χ3n) is 2.54. The van der Waals surface area contributed by atoms with Crippen LogP contribution in [0.3, 0.4) is 0 Å². The summed E-state index contributed by atoms with van der Waals surface area (Å²) < 4.78 is 26.7. The Morgan fingerprint density at radius 1 is 1.35 bits per heavy atom. The summed E-state index contributed by atoms with van der Waals surface area (Å²) in [5.74, 6) is 0. The maximum absolute atomic E-state index is 12.1. The Bertz CT molecular complexity index is 679. The molecule has 0 spiro atoms. The van der Waals surface area contributed by atoms with Gasteiger partial charge in [0.15, 0.2) is 0 Å². The second-order valence-corrected chi connectivity index (χ2v) is 7.10. The van der Waals surface area contributed by atoms with E-state index in [1.54, 1.807) is 23.0 Å². The van der Waals surface area contributed by atoms with Crippen LogP contribution in [0.1, 0.15) is 11.3 Å². The zero-order valence-corrected chi connectivity index (χ0v) is 12.9. The van der Waals surface area contributed by atoms with Crippen LogP contribution >= 0.6 is 23.6 Å². The molecule has 3 N–H and O–H groups in total. The van der Waals surface area contributed by atoms with Crippen LogP contribution in [0.5, 0.6) is 0 Å². The van der Waals surface area contributed by atoms with Crippen molar-refractivity contribution in [3.05, 3.63) is 46.4 Å². The Hall–Kier alpha value is -1.35. The van der Waals surface area contributed by atoms with Crippen LogP contribution in [0, 0.1) is 0 Å². The van der Waals surface area contributed by atoms with Gasteiger partial charge in [-0.05, 0) is 17.7 Å². The van der Waals surface area contributed by atoms with Crippen molar-refractivity contribution in [1.29, 1.82) is 0 Å². The molecule has 8 heteroatoms. The van der Waals surface area contributed by atoms with Gasteiger partial charge in [0.1, 0.15) is 0 Å². The van der Waals surface area contributed by atoms with Crippen LogP contribution < -0.4 is 10.5 Å². The predicted octanol–water partition coefficient (Wildman–Crippen LogP) is 1.45. The van der Waals surface area contributed by atoms with Crippen LogP contribution in [0.2, 0.25) is 0 Å². The SMILES string of the molecule is NC(=S)Cc1ccc(S(=O)(=O)NCc2cscn2)cc1. The zero-order valence-electron chi connectivity index (χ0n) is 10.4. The maximum atomic E-state index is 12.1. The molecule has 0 aliphatic rings. The molecule has 1 heterocycles. The van der Waals surface area contributed by atoms with Gasteiger partial charge in [0.2, 0.25) is 10.0 Å². The number of nitrogens with zero attached hydrogens (tertiary/aromatic N) is 1. The first-order valence-electron chi connectivity index (χ1n) is 5.71. The monoisotopic (exact) mass is 327 g/mol. The maximum Gasteiger partial charge on any atom is 0.240 e. The second-order valence-electron chi connectivity index (χ2n) is 4.09. The first-order chi connectivity index (χ1) is 9.47. The molecule has 0 saturated carbocycles. The number of nitrogens with one attached hydrogen (secondary N) is 1. The fraction of sp³-hybridized carbons (Fsp3) is 0.167. The molecule has 0 aliphatic heterocycles. The third kappa shape index (κ3) is 4.07. The fourth-order valence-corrected chi connectivity index (χ4v) is 3.29. The summed E-state index contributed by atoms with van der Waals surface area (Å²) in [6, 6.07) is 6.49. The number of sulfonamides is 1. The highest BCUT2D eigenvalue weighted by Crippen LogP contribution is 2.12. The van der Waals surface area contributed by atoms with Gasteiger partial charge in [-0.1, -0.05) is 24.4 Å². The largest absolute Gasteiger partial charge is 0.393 e. The normalized spacial score (nSPS) is 11.4. The smallest absolute Gasteiger partial charge is 0.240 e. The minimum Gasteiger partial charge on any atom is -0.393 e. The minimum atomic E-state index is -3.53. The molecule has 0 aliphatic carbocycles. The average Bonchev–Trinajstić information content (AvgIpc) is 2.89. The Morgan fingerprint density at radius 2 is 2.05 bits per heavy atom. The number of benzene rings is 1. The van der Waals surface area contributed by atoms with Crippen LogP contribution in [0.15, 0.2) is 40.1 Å². The molecule has 106 valence electrons. The quantitative estimate of drug-likeness (QED) is 0.785. The van der Waals surface area contributed by atoms with Gasteiger partial charge in [-0.2, -0.15) is 0 Å². The summed E-state index contributed by atoms with van der Waals surface area (Å²) in [6.07, 6.45) is 0.460. The van der Waals surface area contributed by atoms with Crippen molar-refractivity contribution in [1.82, 2.24) is 9.71 Å². The average molecular weight is 327 g/mol. The van der Waals surface area contributed by atoms with E-state index in [1.165, 1.54) is 23.5 Å². The lowest BCUT2D eigenvalue weighted by molar-refractivity contribution is 0.580. The summed E-state index contributed by atoms with van der Waals surface area (Å²) in [6.45, 7) is 0.181. The molecule has 20 heavy (non-hydrogen) atoms. The van der Waals surface area contributed by atoms with E-state index < -0.39 is 10.0 Å². The Balaban J connectivity index is 2.07. The lowest BCUT2D eigenvalue weighted by Gasteiger charge is -2.06. The van der Waals surface area contributed by atoms with Crippen molar-refractivity contribution >= 4 is 38.6 Å². The van der Waals surface area contributed by atoms with E-state index in [2.05, 4.69) is 9.71 Å². The van der Waals surface area contributed by atoms with Crippen molar-refractivity contribution in [3.63, 3.8) is 0 Å². The molecule has 1 aromatic carbocycles. The fourth-order valence-electron chi connectivity index (χ4n) is 1.56. The molecule has 2 rings (SSSR count). The van der Waals surface area contributed by atoms with E-state index in [-0.39, 0.29) is 11.4 Å². The van der Waals surface area contributed by atoms with E-state index in [0.29, 0.717) is 17.1 Å². The Labute approximate surface area is 126 Å². The zero-order chi connectivity index (χ0) is 14.6. The molecular formula is C12H13N3O2S3. The van der Waals surface area contributed by atoms with Gasteiger partial charge >= 0.3 is 0 Å². The Morgan fingerprint density at radius 3 is 2.60 bits per heavy atom. The number of rotatable bonds is 6. The van der Waals surface area contributed by atoms with E-state index in [4.69, 9.17) is 18.0 Å². The Kier molecular flexibility index (Phi) is 4.81. The van der Waals surface area contributed by atoms with Crippen LogP contribution in [-0.2, 0) is 23.0 Å². The van der Waals surface area contributed by atoms with Crippen LogP contribution in [-0.4, -0.2) is 18.4 Å². The molecule has 0 atom stereocenters. The van der Waals surface area contributed by atoms with E-state index in [0.717, 1.165) is 5.56 Å². The summed E-state index contributed by atoms with van der Waals surface area (Å²) in [5, 5.41) is 1.80.